The zero-order chi connectivity index (χ0) is 26.6. The normalized spacial score (nSPS) is 14.1. The summed E-state index contributed by atoms with van der Waals surface area (Å²) in [4.78, 5) is 0. The summed E-state index contributed by atoms with van der Waals surface area (Å²) in [5.41, 5.74) is 5.96. The average molecular weight is 480 g/mol. The molecule has 0 bridgehead atoms. The van der Waals surface area contributed by atoms with E-state index in [2.05, 4.69) is 130 Å². The highest BCUT2D eigenvalue weighted by Crippen LogP contribution is 2.41. The molecule has 0 saturated heterocycles. The van der Waals surface area contributed by atoms with Gasteiger partial charge in [0.05, 0.1) is 0 Å². The van der Waals surface area contributed by atoms with Crippen molar-refractivity contribution >= 4 is 12.2 Å². The largest absolute Gasteiger partial charge is 0.490 e. The van der Waals surface area contributed by atoms with Crippen molar-refractivity contribution in [3.63, 3.8) is 0 Å². The Morgan fingerprint density at radius 1 is 0.771 bits per heavy atom. The first-order valence-corrected chi connectivity index (χ1v) is 13.0. The van der Waals surface area contributed by atoms with E-state index in [0.29, 0.717) is 12.6 Å². The minimum Gasteiger partial charge on any atom is -0.490 e. The molecular weight excluding hydrogens is 430 g/mol. The minimum atomic E-state index is -0.561. The van der Waals surface area contributed by atoms with Crippen molar-refractivity contribution in [2.24, 2.45) is 0 Å². The number of nitrogens with one attached hydrogen (secondary N) is 1. The summed E-state index contributed by atoms with van der Waals surface area (Å²) in [5.74, 6) is 0.903. The molecule has 194 valence electrons. The second kappa shape index (κ2) is 11.3. The molecule has 35 heavy (non-hydrogen) atoms. The maximum atomic E-state index is 10.5. The van der Waals surface area contributed by atoms with Crippen LogP contribution in [-0.4, -0.2) is 30.4 Å². The maximum Gasteiger partial charge on any atom is 0.126 e. The topological polar surface area (TPSA) is 41.5 Å². The van der Waals surface area contributed by atoms with Crippen molar-refractivity contribution < 1.29 is 9.84 Å². The molecule has 3 nitrogen and oxygen atoms in total. The minimum absolute atomic E-state index is 0.103. The lowest BCUT2D eigenvalue weighted by molar-refractivity contribution is 0.102. The van der Waals surface area contributed by atoms with E-state index in [-0.39, 0.29) is 22.9 Å². The fourth-order valence-electron chi connectivity index (χ4n) is 3.91. The Hall–Kier alpha value is -2.10. The zero-order valence-corrected chi connectivity index (χ0v) is 24.0. The lowest BCUT2D eigenvalue weighted by Crippen LogP contribution is -2.35. The Balaban J connectivity index is 2.43. The quantitative estimate of drug-likeness (QED) is 0.385. The molecular formula is C32H49NO2. The molecule has 0 amide bonds. The smallest absolute Gasteiger partial charge is 0.126 e. The van der Waals surface area contributed by atoms with Gasteiger partial charge in [0.2, 0.25) is 0 Å². The van der Waals surface area contributed by atoms with Crippen LogP contribution in [0.15, 0.2) is 36.4 Å². The highest BCUT2D eigenvalue weighted by Gasteiger charge is 2.28. The second-order valence-corrected chi connectivity index (χ2v) is 13.2. The highest BCUT2D eigenvalue weighted by molar-refractivity contribution is 5.72. The van der Waals surface area contributed by atoms with Crippen LogP contribution in [0, 0.1) is 0 Å². The molecule has 2 N–H and O–H groups in total. The summed E-state index contributed by atoms with van der Waals surface area (Å²) < 4.78 is 6.36. The summed E-state index contributed by atoms with van der Waals surface area (Å²) in [7, 11) is 0. The van der Waals surface area contributed by atoms with E-state index in [9.17, 15) is 5.11 Å². The van der Waals surface area contributed by atoms with Crippen molar-refractivity contribution in [2.45, 2.75) is 105 Å². The van der Waals surface area contributed by atoms with Gasteiger partial charge in [-0.3, -0.25) is 0 Å². The van der Waals surface area contributed by atoms with Gasteiger partial charge in [0.1, 0.15) is 18.5 Å². The van der Waals surface area contributed by atoms with Crippen molar-refractivity contribution in [3.8, 4) is 5.75 Å². The van der Waals surface area contributed by atoms with Crippen molar-refractivity contribution in [3.05, 3.63) is 64.2 Å². The lowest BCUT2D eigenvalue weighted by atomic mass is 9.78. The highest BCUT2D eigenvalue weighted by atomic mass is 16.5. The second-order valence-electron chi connectivity index (χ2n) is 13.2. The van der Waals surface area contributed by atoms with Crippen LogP contribution in [0.2, 0.25) is 0 Å². The number of hydrogen-bond donors (Lipinski definition) is 2. The van der Waals surface area contributed by atoms with Crippen molar-refractivity contribution in [1.29, 1.82) is 0 Å². The molecule has 0 saturated carbocycles. The molecule has 0 fully saturated rings. The fourth-order valence-corrected chi connectivity index (χ4v) is 3.91. The molecule has 0 radical (unpaired) electrons. The summed E-state index contributed by atoms with van der Waals surface area (Å²) in [6.45, 7) is 25.0. The monoisotopic (exact) mass is 479 g/mol. The fraction of sp³-hybridized carbons (Fsp3) is 0.562. The SMILES string of the molecule is CC(C)NCC(O)COc1c(C(C)(C)C)cc(/C=C/c2ccc(C(C)(C)C)cc2)cc1C(C)(C)C. The van der Waals surface area contributed by atoms with Crippen molar-refractivity contribution in [2.75, 3.05) is 13.2 Å². The number of rotatable bonds is 8. The molecule has 1 unspecified atom stereocenters. The van der Waals surface area contributed by atoms with Crippen LogP contribution in [0.5, 0.6) is 5.75 Å². The maximum absolute atomic E-state index is 10.5. The van der Waals surface area contributed by atoms with E-state index in [1.165, 1.54) is 11.1 Å². The van der Waals surface area contributed by atoms with E-state index in [4.69, 9.17) is 4.74 Å². The van der Waals surface area contributed by atoms with E-state index in [0.717, 1.165) is 22.4 Å². The van der Waals surface area contributed by atoms with Crippen LogP contribution in [0.4, 0.5) is 0 Å². The molecule has 2 aromatic carbocycles. The molecule has 2 rings (SSSR count). The Bertz CT molecular complexity index is 945. The molecule has 1 atom stereocenters. The van der Waals surface area contributed by atoms with Gasteiger partial charge in [-0.05, 0) is 45.1 Å². The molecule has 0 heterocycles. The van der Waals surface area contributed by atoms with Crippen LogP contribution in [0.3, 0.4) is 0 Å². The predicted octanol–water partition coefficient (Wildman–Crippen LogP) is 7.49. The van der Waals surface area contributed by atoms with Gasteiger partial charge in [-0.15, -0.1) is 0 Å². The van der Waals surface area contributed by atoms with Crippen LogP contribution >= 0.6 is 0 Å². The molecule has 2 aromatic rings. The van der Waals surface area contributed by atoms with Gasteiger partial charge in [-0.25, -0.2) is 0 Å². The predicted molar refractivity (Wildman–Crippen MR) is 153 cm³/mol. The van der Waals surface area contributed by atoms with Crippen LogP contribution in [0.1, 0.15) is 104 Å². The van der Waals surface area contributed by atoms with Gasteiger partial charge in [0, 0.05) is 23.7 Å². The van der Waals surface area contributed by atoms with Gasteiger partial charge in [0.15, 0.2) is 0 Å². The average Bonchev–Trinajstić information content (AvgIpc) is 2.73. The summed E-state index contributed by atoms with van der Waals surface area (Å²) >= 11 is 0. The van der Waals surface area contributed by atoms with Crippen LogP contribution in [-0.2, 0) is 16.2 Å². The Morgan fingerprint density at radius 3 is 1.69 bits per heavy atom. The Kier molecular flexibility index (Phi) is 9.41. The Labute approximate surface area is 215 Å². The molecule has 0 aliphatic heterocycles. The first-order valence-electron chi connectivity index (χ1n) is 13.0. The molecule has 0 aromatic heterocycles. The number of aliphatic hydroxyl groups is 1. The van der Waals surface area contributed by atoms with Gasteiger partial charge in [-0.1, -0.05) is 113 Å². The third-order valence-corrected chi connectivity index (χ3v) is 6.15. The van der Waals surface area contributed by atoms with E-state index in [1.807, 2.05) is 0 Å². The zero-order valence-electron chi connectivity index (χ0n) is 24.0. The molecule has 0 spiro atoms. The van der Waals surface area contributed by atoms with E-state index >= 15 is 0 Å². The van der Waals surface area contributed by atoms with Gasteiger partial charge in [0.25, 0.3) is 0 Å². The summed E-state index contributed by atoms with van der Waals surface area (Å²) in [6.07, 6.45) is 3.82. The number of hydrogen-bond acceptors (Lipinski definition) is 3. The first kappa shape index (κ1) is 29.1. The lowest BCUT2D eigenvalue weighted by Gasteiger charge is -2.31. The number of aliphatic hydroxyl groups excluding tert-OH is 1. The third-order valence-electron chi connectivity index (χ3n) is 6.15. The number of benzene rings is 2. The van der Waals surface area contributed by atoms with Gasteiger partial charge in [-0.2, -0.15) is 0 Å². The third kappa shape index (κ3) is 8.81. The molecule has 0 aliphatic rings. The summed E-state index contributed by atoms with van der Waals surface area (Å²) in [6, 6.07) is 13.6. The van der Waals surface area contributed by atoms with E-state index in [1.54, 1.807) is 0 Å². The number of ether oxygens (including phenoxy) is 1. The van der Waals surface area contributed by atoms with E-state index < -0.39 is 6.10 Å². The summed E-state index contributed by atoms with van der Waals surface area (Å²) in [5, 5.41) is 13.8. The van der Waals surface area contributed by atoms with Gasteiger partial charge >= 0.3 is 0 Å². The molecule has 0 aliphatic carbocycles. The Morgan fingerprint density at radius 2 is 1.26 bits per heavy atom. The first-order chi connectivity index (χ1) is 16.0. The standard InChI is InChI=1S/C32H49NO2/c1-22(2)33-20-26(34)21-35-29-27(31(6,7)8)18-24(19-28(29)32(9,10)11)13-12-23-14-16-25(17-15-23)30(3,4)5/h12-19,22,26,33-34H,20-21H2,1-11H3/b13-12+. The van der Waals surface area contributed by atoms with Gasteiger partial charge < -0.3 is 15.2 Å². The molecule has 3 heteroatoms. The van der Waals surface area contributed by atoms with Crippen LogP contribution in [0.25, 0.3) is 12.2 Å². The van der Waals surface area contributed by atoms with Crippen LogP contribution < -0.4 is 10.1 Å². The van der Waals surface area contributed by atoms with Crippen molar-refractivity contribution in [1.82, 2.24) is 5.32 Å².